The average Bonchev–Trinajstić information content (AvgIpc) is 3.64. The van der Waals surface area contributed by atoms with Crippen molar-refractivity contribution in [1.82, 2.24) is 0 Å². The predicted octanol–water partition coefficient (Wildman–Crippen LogP) is 15.9. The van der Waals surface area contributed by atoms with Gasteiger partial charge >= 0.3 is 12.4 Å². The number of alkyl halides is 6. The van der Waals surface area contributed by atoms with Gasteiger partial charge in [0.25, 0.3) is 0 Å². The van der Waals surface area contributed by atoms with E-state index in [1.165, 1.54) is 68.1 Å². The van der Waals surface area contributed by atoms with Crippen LogP contribution in [0.15, 0.2) is 206 Å². The molecule has 1 nitrogen and oxygen atoms in total. The van der Waals surface area contributed by atoms with Crippen molar-refractivity contribution in [3.8, 4) is 44.5 Å². The van der Waals surface area contributed by atoms with Crippen LogP contribution in [0.3, 0.4) is 0 Å². The number of hydrogen-bond acceptors (Lipinski definition) is 0. The predicted molar refractivity (Wildman–Crippen MR) is 285 cm³/mol. The summed E-state index contributed by atoms with van der Waals surface area (Å²) in [5, 5.41) is 11.4. The summed E-state index contributed by atoms with van der Waals surface area (Å²) in [6.07, 6.45) is -8.94. The highest BCUT2D eigenvalue weighted by atomic mass is 79.9. The van der Waals surface area contributed by atoms with Gasteiger partial charge in [-0.2, -0.15) is 26.3 Å². The van der Waals surface area contributed by atoms with Crippen LogP contribution in [-0.2, 0) is 38.5 Å². The third kappa shape index (κ3) is 7.40. The molecule has 0 aromatic heterocycles. The van der Waals surface area contributed by atoms with Crippen LogP contribution in [0.25, 0.3) is 109 Å². The second-order valence-corrected chi connectivity index (χ2v) is 20.2. The van der Waals surface area contributed by atoms with Crippen molar-refractivity contribution in [2.45, 2.75) is 38.5 Å². The quantitative estimate of drug-likeness (QED) is 0.120. The normalized spacial score (nSPS) is 14.1. The smallest absolute Gasteiger partial charge is 0.416 e. The Morgan fingerprint density at radius 1 is 0.297 bits per heavy atom. The minimum Gasteiger partial charge on any atom is -1.00 e. The van der Waals surface area contributed by atoms with E-state index in [9.17, 15) is 26.3 Å². The molecule has 0 saturated heterocycles. The molecule has 0 fully saturated rings. The van der Waals surface area contributed by atoms with Crippen molar-refractivity contribution < 1.29 is 47.8 Å². The number of quaternary nitrogens is 1. The molecule has 1 spiro atoms. The molecule has 8 heteroatoms. The van der Waals surface area contributed by atoms with Gasteiger partial charge in [-0.1, -0.05) is 158 Å². The molecule has 0 N–H and O–H groups in total. The summed E-state index contributed by atoms with van der Waals surface area (Å²) in [6.45, 7) is 2.58. The molecule has 0 atom stereocenters. The first-order valence-corrected chi connectivity index (χ1v) is 24.6. The fraction of sp³-hybridized carbons (Fsp3) is 0.0909. The van der Waals surface area contributed by atoms with Crippen LogP contribution in [0.4, 0.5) is 26.3 Å². The van der Waals surface area contributed by atoms with E-state index in [1.807, 2.05) is 48.5 Å². The van der Waals surface area contributed by atoms with Crippen LogP contribution in [0, 0.1) is 0 Å². The zero-order valence-corrected chi connectivity index (χ0v) is 41.1. The Labute approximate surface area is 432 Å². The van der Waals surface area contributed by atoms with Gasteiger partial charge in [0.05, 0.1) is 11.1 Å². The molecular formula is C66H42BrF6N. The largest absolute Gasteiger partial charge is 1.00 e. The molecule has 74 heavy (non-hydrogen) atoms. The second kappa shape index (κ2) is 16.9. The Bertz CT molecular complexity index is 4040. The van der Waals surface area contributed by atoms with E-state index in [2.05, 4.69) is 121 Å². The highest BCUT2D eigenvalue weighted by Gasteiger charge is 2.42. The van der Waals surface area contributed by atoms with Crippen LogP contribution in [-0.4, -0.2) is 4.48 Å². The van der Waals surface area contributed by atoms with E-state index in [-0.39, 0.29) is 17.0 Å². The van der Waals surface area contributed by atoms with Gasteiger partial charge in [0.1, 0.15) is 26.2 Å². The molecule has 12 aromatic rings. The van der Waals surface area contributed by atoms with Crippen molar-refractivity contribution in [2.75, 3.05) is 0 Å². The van der Waals surface area contributed by atoms with Gasteiger partial charge in [0.15, 0.2) is 0 Å². The highest BCUT2D eigenvalue weighted by Crippen LogP contribution is 2.53. The van der Waals surface area contributed by atoms with Crippen molar-refractivity contribution in [3.05, 3.63) is 240 Å². The van der Waals surface area contributed by atoms with Crippen molar-refractivity contribution >= 4 is 64.6 Å². The molecule has 2 heterocycles. The number of halogens is 7. The van der Waals surface area contributed by atoms with Crippen LogP contribution in [0.1, 0.15) is 33.4 Å². The Morgan fingerprint density at radius 3 is 1.04 bits per heavy atom. The molecule has 2 aliphatic heterocycles. The third-order valence-corrected chi connectivity index (χ3v) is 15.8. The van der Waals surface area contributed by atoms with Crippen molar-refractivity contribution in [3.63, 3.8) is 0 Å². The van der Waals surface area contributed by atoms with Crippen molar-refractivity contribution in [2.24, 2.45) is 0 Å². The number of hydrogen-bond donors (Lipinski definition) is 0. The average molecular weight is 1040 g/mol. The zero-order chi connectivity index (χ0) is 49.4. The minimum absolute atomic E-state index is 0. The van der Waals surface area contributed by atoms with E-state index in [1.54, 1.807) is 12.1 Å². The van der Waals surface area contributed by atoms with E-state index in [4.69, 9.17) is 0 Å². The highest BCUT2D eigenvalue weighted by molar-refractivity contribution is 6.13. The zero-order valence-electron chi connectivity index (χ0n) is 39.6. The number of nitrogens with zero attached hydrogens (tertiary/aromatic N) is 1. The van der Waals surface area contributed by atoms with Crippen LogP contribution < -0.4 is 17.0 Å². The number of fused-ring (bicyclic) bond motifs is 16. The Kier molecular flexibility index (Phi) is 10.5. The first-order valence-electron chi connectivity index (χ1n) is 24.6. The number of benzene rings is 12. The lowest BCUT2D eigenvalue weighted by molar-refractivity contribution is -0.977. The fourth-order valence-electron chi connectivity index (χ4n) is 12.6. The van der Waals surface area contributed by atoms with E-state index in [0.717, 1.165) is 66.1 Å². The maximum Gasteiger partial charge on any atom is 0.416 e. The Balaban J connectivity index is 0.00000528. The second-order valence-electron chi connectivity index (χ2n) is 20.2. The molecule has 0 radical (unpaired) electrons. The van der Waals surface area contributed by atoms with Crippen LogP contribution >= 0.6 is 0 Å². The van der Waals surface area contributed by atoms with Gasteiger partial charge in [-0.15, -0.1) is 0 Å². The maximum atomic E-state index is 14.0. The summed E-state index contributed by atoms with van der Waals surface area (Å²) in [7, 11) is 0. The van der Waals surface area contributed by atoms with Gasteiger partial charge < -0.3 is 21.5 Å². The standard InChI is InChI=1S/C66H42F6N.BrH/c67-65(68,69)51-27-25-41-29-47(21-19-43(41)31-51)57-33-45-11-3-7-15-55(45)63-59(57)37-73(35-49-23-17-39-9-1-5-13-53(39)61(49)62-50(36-73)24-18-40-10-2-6-14-54(40)62)38-60-58(34-46-12-4-8-16-56(46)64(60)63)48-22-20-44-32-52(66(70,71)72)28-26-42(44)30-48;/h1-34H,35-38H2;1H/q+1;/p-1. The molecule has 360 valence electrons. The van der Waals surface area contributed by atoms with E-state index >= 15 is 0 Å². The van der Waals surface area contributed by atoms with Gasteiger partial charge in [0, 0.05) is 33.4 Å². The first kappa shape index (κ1) is 46.0. The molecule has 0 aliphatic carbocycles. The first-order chi connectivity index (χ1) is 35.4. The molecule has 2 aliphatic rings. The summed E-state index contributed by atoms with van der Waals surface area (Å²) in [5.74, 6) is 0. The molecule has 14 rings (SSSR count). The van der Waals surface area contributed by atoms with E-state index < -0.39 is 23.5 Å². The maximum absolute atomic E-state index is 14.0. The third-order valence-electron chi connectivity index (χ3n) is 15.8. The fourth-order valence-corrected chi connectivity index (χ4v) is 12.6. The molecular weight excluding hydrogens is 1000 g/mol. The van der Waals surface area contributed by atoms with Crippen LogP contribution in [0.2, 0.25) is 0 Å². The Hall–Kier alpha value is -7.78. The molecule has 12 aromatic carbocycles. The summed E-state index contributed by atoms with van der Waals surface area (Å²) in [6, 6.07) is 67.5. The summed E-state index contributed by atoms with van der Waals surface area (Å²) < 4.78 is 84.8. The molecule has 0 unspecified atom stereocenters. The summed E-state index contributed by atoms with van der Waals surface area (Å²) in [4.78, 5) is 0. The SMILES string of the molecule is FC(F)(F)c1ccc2cc(-c3cc4ccccc4c4c3C[N+]3(Cc5ccc6ccccc6c5-c5c(ccc6ccccc56)C3)Cc3c(-c5ccc6cc(C(F)(F)F)ccc6c5)cc5ccccc5c3-4)ccc2c1.[Br-]. The molecule has 0 bridgehead atoms. The lowest BCUT2D eigenvalue weighted by Crippen LogP contribution is -3.00. The topological polar surface area (TPSA) is 0 Å². The van der Waals surface area contributed by atoms with Gasteiger partial charge in [0.2, 0.25) is 0 Å². The monoisotopic (exact) mass is 1040 g/mol. The Morgan fingerprint density at radius 2 is 0.635 bits per heavy atom. The molecule has 0 amide bonds. The van der Waals surface area contributed by atoms with Crippen molar-refractivity contribution in [1.29, 1.82) is 0 Å². The van der Waals surface area contributed by atoms with Gasteiger partial charge in [-0.25, -0.2) is 0 Å². The lowest BCUT2D eigenvalue weighted by atomic mass is 9.82. The summed E-state index contributed by atoms with van der Waals surface area (Å²) >= 11 is 0. The van der Waals surface area contributed by atoms with Gasteiger partial charge in [-0.05, 0) is 147 Å². The minimum atomic E-state index is -4.47. The number of rotatable bonds is 2. The van der Waals surface area contributed by atoms with Gasteiger partial charge in [-0.3, -0.25) is 0 Å². The summed E-state index contributed by atoms with van der Waals surface area (Å²) in [5.41, 5.74) is 12.0. The van der Waals surface area contributed by atoms with Crippen LogP contribution in [0.5, 0.6) is 0 Å². The van der Waals surface area contributed by atoms with E-state index in [0.29, 0.717) is 52.2 Å². The molecule has 0 saturated carbocycles. The lowest BCUT2D eigenvalue weighted by Gasteiger charge is -2.39.